The van der Waals surface area contributed by atoms with Crippen molar-refractivity contribution in [3.05, 3.63) is 59.9 Å². The fourth-order valence-electron chi connectivity index (χ4n) is 2.29. The van der Waals surface area contributed by atoms with Crippen LogP contribution in [0, 0.1) is 11.3 Å². The fourth-order valence-corrected chi connectivity index (χ4v) is 2.29. The molecule has 0 amide bonds. The molecule has 2 N–H and O–H groups in total. The molecule has 0 unspecified atom stereocenters. The Labute approximate surface area is 135 Å². The highest BCUT2D eigenvalue weighted by Gasteiger charge is 2.30. The van der Waals surface area contributed by atoms with E-state index in [0.717, 1.165) is 12.1 Å². The molecular weight excluding hydrogens is 319 g/mol. The van der Waals surface area contributed by atoms with Gasteiger partial charge >= 0.3 is 6.18 Å². The van der Waals surface area contributed by atoms with Gasteiger partial charge in [-0.25, -0.2) is 4.98 Å². The largest absolute Gasteiger partial charge is 0.464 e. The first-order chi connectivity index (χ1) is 11.4. The van der Waals surface area contributed by atoms with Crippen LogP contribution in [0.3, 0.4) is 0 Å². The van der Waals surface area contributed by atoms with Crippen molar-refractivity contribution in [2.45, 2.75) is 6.18 Å². The third-order valence-corrected chi connectivity index (χ3v) is 3.45. The summed E-state index contributed by atoms with van der Waals surface area (Å²) < 4.78 is 43.2. The molecule has 0 saturated heterocycles. The molecule has 0 radical (unpaired) electrons. The van der Waals surface area contributed by atoms with Gasteiger partial charge in [-0.05, 0) is 30.3 Å². The van der Waals surface area contributed by atoms with Crippen LogP contribution in [0.25, 0.3) is 22.6 Å². The minimum absolute atomic E-state index is 0.0127. The van der Waals surface area contributed by atoms with Gasteiger partial charge in [-0.15, -0.1) is 0 Å². The van der Waals surface area contributed by atoms with Crippen LogP contribution in [0.15, 0.2) is 53.1 Å². The van der Waals surface area contributed by atoms with Crippen molar-refractivity contribution in [3.63, 3.8) is 0 Å². The van der Waals surface area contributed by atoms with E-state index < -0.39 is 11.7 Å². The SMILES string of the molecule is N#Cc1c(-c2ccco2)cc(-c2ccc(C(F)(F)F)cc2)nc1N. The highest BCUT2D eigenvalue weighted by atomic mass is 19.4. The van der Waals surface area contributed by atoms with E-state index in [9.17, 15) is 18.4 Å². The van der Waals surface area contributed by atoms with E-state index in [4.69, 9.17) is 10.2 Å². The molecule has 7 heteroatoms. The van der Waals surface area contributed by atoms with Crippen LogP contribution in [-0.4, -0.2) is 4.98 Å². The zero-order valence-electron chi connectivity index (χ0n) is 12.1. The van der Waals surface area contributed by atoms with Gasteiger partial charge in [-0.1, -0.05) is 12.1 Å². The highest BCUT2D eigenvalue weighted by molar-refractivity contribution is 5.77. The third kappa shape index (κ3) is 2.82. The lowest BCUT2D eigenvalue weighted by Crippen LogP contribution is -2.04. The number of nitrogen functional groups attached to an aromatic ring is 1. The standard InChI is InChI=1S/C17H10F3N3O/c18-17(19,20)11-5-3-10(4-6-11)14-8-12(15-2-1-7-24-15)13(9-21)16(22)23-14/h1-8H,(H2,22,23). The van der Waals surface area contributed by atoms with Crippen molar-refractivity contribution in [1.82, 2.24) is 4.98 Å². The molecule has 0 spiro atoms. The molecule has 2 aromatic heterocycles. The highest BCUT2D eigenvalue weighted by Crippen LogP contribution is 2.33. The van der Waals surface area contributed by atoms with Crippen molar-refractivity contribution in [1.29, 1.82) is 5.26 Å². The maximum Gasteiger partial charge on any atom is 0.416 e. The molecule has 0 fully saturated rings. The number of alkyl halides is 3. The van der Waals surface area contributed by atoms with Crippen LogP contribution in [0.4, 0.5) is 19.0 Å². The van der Waals surface area contributed by atoms with Crippen molar-refractivity contribution in [2.75, 3.05) is 5.73 Å². The van der Waals surface area contributed by atoms with Crippen molar-refractivity contribution >= 4 is 5.82 Å². The Balaban J connectivity index is 2.11. The first-order valence-electron chi connectivity index (χ1n) is 6.82. The van der Waals surface area contributed by atoms with Crippen molar-refractivity contribution in [3.8, 4) is 28.7 Å². The van der Waals surface area contributed by atoms with E-state index in [1.54, 1.807) is 18.2 Å². The van der Waals surface area contributed by atoms with Crippen LogP contribution in [0.2, 0.25) is 0 Å². The zero-order chi connectivity index (χ0) is 17.3. The zero-order valence-corrected chi connectivity index (χ0v) is 12.1. The van der Waals surface area contributed by atoms with Gasteiger partial charge in [0.05, 0.1) is 17.5 Å². The number of pyridine rings is 1. The monoisotopic (exact) mass is 329 g/mol. The molecule has 0 aliphatic rings. The Bertz CT molecular complexity index is 908. The van der Waals surface area contributed by atoms with Gasteiger partial charge in [-0.2, -0.15) is 18.4 Å². The summed E-state index contributed by atoms with van der Waals surface area (Å²) in [7, 11) is 0. The minimum atomic E-state index is -4.41. The summed E-state index contributed by atoms with van der Waals surface area (Å²) >= 11 is 0. The number of aromatic nitrogens is 1. The summed E-state index contributed by atoms with van der Waals surface area (Å²) in [5, 5.41) is 9.25. The Hall–Kier alpha value is -3.27. The van der Waals surface area contributed by atoms with Gasteiger partial charge in [0.25, 0.3) is 0 Å². The number of nitrogens with zero attached hydrogens (tertiary/aromatic N) is 2. The lowest BCUT2D eigenvalue weighted by atomic mass is 10.0. The summed E-state index contributed by atoms with van der Waals surface area (Å²) in [5.41, 5.74) is 6.46. The Kier molecular flexibility index (Phi) is 3.73. The molecule has 120 valence electrons. The van der Waals surface area contributed by atoms with E-state index in [-0.39, 0.29) is 11.4 Å². The van der Waals surface area contributed by atoms with Gasteiger partial charge in [0.2, 0.25) is 0 Å². The second-order valence-electron chi connectivity index (χ2n) is 4.98. The van der Waals surface area contributed by atoms with Crippen LogP contribution in [0.5, 0.6) is 0 Å². The van der Waals surface area contributed by atoms with Crippen LogP contribution < -0.4 is 5.73 Å². The lowest BCUT2D eigenvalue weighted by Gasteiger charge is -2.10. The molecule has 1 aromatic carbocycles. The number of hydrogen-bond acceptors (Lipinski definition) is 4. The second-order valence-corrected chi connectivity index (χ2v) is 4.98. The maximum absolute atomic E-state index is 12.7. The number of rotatable bonds is 2. The van der Waals surface area contributed by atoms with Gasteiger partial charge in [-0.3, -0.25) is 0 Å². The molecule has 0 atom stereocenters. The summed E-state index contributed by atoms with van der Waals surface area (Å²) in [6, 6.07) is 11.4. The second kappa shape index (κ2) is 5.74. The number of furan rings is 1. The Morgan fingerprint density at radius 3 is 2.38 bits per heavy atom. The average molecular weight is 329 g/mol. The predicted molar refractivity (Wildman–Crippen MR) is 81.5 cm³/mol. The summed E-state index contributed by atoms with van der Waals surface area (Å²) in [4.78, 5) is 4.11. The Morgan fingerprint density at radius 2 is 1.83 bits per heavy atom. The van der Waals surface area contributed by atoms with E-state index in [0.29, 0.717) is 22.6 Å². The molecule has 4 nitrogen and oxygen atoms in total. The molecular formula is C17H10F3N3O. The number of hydrogen-bond donors (Lipinski definition) is 1. The molecule has 0 aliphatic heterocycles. The molecule has 0 bridgehead atoms. The minimum Gasteiger partial charge on any atom is -0.464 e. The number of nitrogens with two attached hydrogens (primary N) is 1. The smallest absolute Gasteiger partial charge is 0.416 e. The van der Waals surface area contributed by atoms with Crippen molar-refractivity contribution < 1.29 is 17.6 Å². The molecule has 3 rings (SSSR count). The quantitative estimate of drug-likeness (QED) is 0.752. The van der Waals surface area contributed by atoms with Gasteiger partial charge in [0, 0.05) is 11.1 Å². The number of halogens is 3. The molecule has 24 heavy (non-hydrogen) atoms. The molecule has 0 aliphatic carbocycles. The van der Waals surface area contributed by atoms with Crippen molar-refractivity contribution in [2.24, 2.45) is 0 Å². The van der Waals surface area contributed by atoms with E-state index >= 15 is 0 Å². The van der Waals surface area contributed by atoms with E-state index in [1.807, 2.05) is 6.07 Å². The predicted octanol–water partition coefficient (Wildman–Crippen LogP) is 4.48. The number of benzene rings is 1. The Morgan fingerprint density at radius 1 is 1.12 bits per heavy atom. The molecule has 0 saturated carbocycles. The van der Waals surface area contributed by atoms with Crippen LogP contribution in [-0.2, 0) is 6.18 Å². The molecule has 2 heterocycles. The lowest BCUT2D eigenvalue weighted by molar-refractivity contribution is -0.137. The van der Waals surface area contributed by atoms with Gasteiger partial charge in [0.1, 0.15) is 23.2 Å². The van der Waals surface area contributed by atoms with Crippen LogP contribution >= 0.6 is 0 Å². The van der Waals surface area contributed by atoms with Gasteiger partial charge in [0.15, 0.2) is 0 Å². The summed E-state index contributed by atoms with van der Waals surface area (Å²) in [6.45, 7) is 0. The number of nitriles is 1. The van der Waals surface area contributed by atoms with Gasteiger partial charge < -0.3 is 10.2 Å². The van der Waals surface area contributed by atoms with E-state index in [1.165, 1.54) is 18.4 Å². The topological polar surface area (TPSA) is 75.8 Å². The fraction of sp³-hybridized carbons (Fsp3) is 0.0588. The molecule has 3 aromatic rings. The third-order valence-electron chi connectivity index (χ3n) is 3.45. The summed E-state index contributed by atoms with van der Waals surface area (Å²) in [5.74, 6) is 0.412. The number of anilines is 1. The first kappa shape index (κ1) is 15.6. The van der Waals surface area contributed by atoms with Crippen LogP contribution in [0.1, 0.15) is 11.1 Å². The van der Waals surface area contributed by atoms with E-state index in [2.05, 4.69) is 4.98 Å². The normalized spacial score (nSPS) is 11.2. The maximum atomic E-state index is 12.7. The first-order valence-corrected chi connectivity index (χ1v) is 6.82. The summed E-state index contributed by atoms with van der Waals surface area (Å²) in [6.07, 6.45) is -2.96. The average Bonchev–Trinajstić information content (AvgIpc) is 3.07.